The molecule has 1 aliphatic rings. The highest BCUT2D eigenvalue weighted by atomic mass is 35.5. The molecule has 1 heterocycles. The summed E-state index contributed by atoms with van der Waals surface area (Å²) in [6, 6.07) is 14.3. The molecule has 130 valence electrons. The molecule has 0 atom stereocenters. The van der Waals surface area contributed by atoms with E-state index in [1.165, 1.54) is 0 Å². The third-order valence-electron chi connectivity index (χ3n) is 4.29. The van der Waals surface area contributed by atoms with Gasteiger partial charge in [0.1, 0.15) is 0 Å². The summed E-state index contributed by atoms with van der Waals surface area (Å²) in [4.78, 5) is 27.2. The molecule has 1 N–H and O–H groups in total. The predicted octanol–water partition coefficient (Wildman–Crippen LogP) is 2.88. The van der Waals surface area contributed by atoms with Crippen molar-refractivity contribution < 1.29 is 14.7 Å². The minimum Gasteiger partial charge on any atom is -0.478 e. The fraction of sp³-hybridized carbons (Fsp3) is 0.263. The minimum atomic E-state index is -0.933. The van der Waals surface area contributed by atoms with Crippen LogP contribution in [0.2, 0.25) is 5.02 Å². The van der Waals surface area contributed by atoms with Crippen molar-refractivity contribution in [3.05, 3.63) is 70.2 Å². The normalized spacial score (nSPS) is 15.4. The van der Waals surface area contributed by atoms with Gasteiger partial charge in [-0.05, 0) is 35.4 Å². The lowest BCUT2D eigenvalue weighted by Crippen LogP contribution is -2.49. The van der Waals surface area contributed by atoms with E-state index in [0.717, 1.165) is 17.7 Å². The van der Waals surface area contributed by atoms with Crippen molar-refractivity contribution in [2.75, 3.05) is 19.6 Å². The van der Waals surface area contributed by atoms with Crippen molar-refractivity contribution in [2.45, 2.75) is 13.1 Å². The van der Waals surface area contributed by atoms with Gasteiger partial charge < -0.3 is 10.0 Å². The van der Waals surface area contributed by atoms with Crippen LogP contribution in [0.25, 0.3) is 0 Å². The van der Waals surface area contributed by atoms with E-state index < -0.39 is 5.97 Å². The van der Waals surface area contributed by atoms with E-state index in [-0.39, 0.29) is 11.5 Å². The largest absolute Gasteiger partial charge is 0.478 e. The second kappa shape index (κ2) is 7.68. The fourth-order valence-electron chi connectivity index (χ4n) is 2.88. The van der Waals surface area contributed by atoms with Gasteiger partial charge in [-0.1, -0.05) is 35.9 Å². The summed E-state index contributed by atoms with van der Waals surface area (Å²) < 4.78 is 0. The van der Waals surface area contributed by atoms with Gasteiger partial charge in [-0.3, -0.25) is 9.69 Å². The number of hydrogen-bond donors (Lipinski definition) is 1. The van der Waals surface area contributed by atoms with Gasteiger partial charge in [-0.2, -0.15) is 0 Å². The van der Waals surface area contributed by atoms with Crippen molar-refractivity contribution in [2.24, 2.45) is 0 Å². The third kappa shape index (κ3) is 4.59. The standard InChI is InChI=1S/C19H19ClN2O3/c20-17-7-3-15(4-8-17)12-22-10-9-21(13-18(22)23)11-14-1-5-16(6-2-14)19(24)25/h1-8H,9-13H2,(H,24,25). The van der Waals surface area contributed by atoms with Crippen LogP contribution in [0.4, 0.5) is 0 Å². The molecule has 0 saturated carbocycles. The number of piperazine rings is 1. The van der Waals surface area contributed by atoms with Crippen LogP contribution in [0, 0.1) is 0 Å². The number of halogens is 1. The second-order valence-electron chi connectivity index (χ2n) is 6.15. The smallest absolute Gasteiger partial charge is 0.335 e. The number of hydrogen-bond acceptors (Lipinski definition) is 3. The maximum absolute atomic E-state index is 12.4. The zero-order valence-corrected chi connectivity index (χ0v) is 14.4. The number of carboxylic acids is 1. The Hall–Kier alpha value is -2.37. The molecule has 0 radical (unpaired) electrons. The molecule has 1 amide bonds. The van der Waals surface area contributed by atoms with Crippen LogP contribution < -0.4 is 0 Å². The molecule has 2 aromatic rings. The van der Waals surface area contributed by atoms with E-state index in [2.05, 4.69) is 4.90 Å². The van der Waals surface area contributed by atoms with Gasteiger partial charge >= 0.3 is 5.97 Å². The highest BCUT2D eigenvalue weighted by Gasteiger charge is 2.23. The van der Waals surface area contributed by atoms with Gasteiger partial charge in [0.2, 0.25) is 5.91 Å². The number of carbonyl (C=O) groups is 2. The fourth-order valence-corrected chi connectivity index (χ4v) is 3.01. The molecule has 3 rings (SSSR count). The van der Waals surface area contributed by atoms with E-state index in [4.69, 9.17) is 16.7 Å². The van der Waals surface area contributed by atoms with Gasteiger partial charge in [-0.25, -0.2) is 4.79 Å². The van der Waals surface area contributed by atoms with Crippen molar-refractivity contribution in [3.8, 4) is 0 Å². The summed E-state index contributed by atoms with van der Waals surface area (Å²) in [6.45, 7) is 3.07. The molecule has 0 unspecified atom stereocenters. The average Bonchev–Trinajstić information content (AvgIpc) is 2.60. The Morgan fingerprint density at radius 1 is 0.960 bits per heavy atom. The summed E-state index contributed by atoms with van der Waals surface area (Å²) in [6.07, 6.45) is 0. The molecule has 1 saturated heterocycles. The van der Waals surface area contributed by atoms with Crippen molar-refractivity contribution in [1.82, 2.24) is 9.80 Å². The van der Waals surface area contributed by atoms with Crippen LogP contribution in [-0.2, 0) is 17.9 Å². The lowest BCUT2D eigenvalue weighted by Gasteiger charge is -2.34. The first-order valence-electron chi connectivity index (χ1n) is 8.08. The average molecular weight is 359 g/mol. The lowest BCUT2D eigenvalue weighted by atomic mass is 10.1. The molecule has 0 aliphatic carbocycles. The Kier molecular flexibility index (Phi) is 5.36. The van der Waals surface area contributed by atoms with E-state index in [1.54, 1.807) is 24.3 Å². The Labute approximate surface area is 151 Å². The maximum Gasteiger partial charge on any atom is 0.335 e. The number of amides is 1. The molecule has 1 aliphatic heterocycles. The Morgan fingerprint density at radius 3 is 2.16 bits per heavy atom. The lowest BCUT2D eigenvalue weighted by molar-refractivity contribution is -0.136. The van der Waals surface area contributed by atoms with Gasteiger partial charge in [0.05, 0.1) is 12.1 Å². The zero-order chi connectivity index (χ0) is 17.8. The quantitative estimate of drug-likeness (QED) is 0.892. The van der Waals surface area contributed by atoms with Crippen molar-refractivity contribution in [1.29, 1.82) is 0 Å². The number of aromatic carboxylic acids is 1. The van der Waals surface area contributed by atoms with E-state index in [1.807, 2.05) is 29.2 Å². The van der Waals surface area contributed by atoms with Crippen molar-refractivity contribution >= 4 is 23.5 Å². The molecule has 2 aromatic carbocycles. The Balaban J connectivity index is 1.55. The molecule has 0 spiro atoms. The summed E-state index contributed by atoms with van der Waals surface area (Å²) >= 11 is 5.89. The Bertz CT molecular complexity index is 759. The molecule has 1 fully saturated rings. The summed E-state index contributed by atoms with van der Waals surface area (Å²) in [5, 5.41) is 9.62. The first-order chi connectivity index (χ1) is 12.0. The van der Waals surface area contributed by atoms with E-state index >= 15 is 0 Å². The number of rotatable bonds is 5. The number of benzene rings is 2. The molecule has 0 aromatic heterocycles. The second-order valence-corrected chi connectivity index (χ2v) is 6.59. The van der Waals surface area contributed by atoms with Crippen LogP contribution in [0.1, 0.15) is 21.5 Å². The van der Waals surface area contributed by atoms with Crippen LogP contribution in [0.3, 0.4) is 0 Å². The molecule has 25 heavy (non-hydrogen) atoms. The maximum atomic E-state index is 12.4. The topological polar surface area (TPSA) is 60.9 Å². The summed E-state index contributed by atoms with van der Waals surface area (Å²) in [5.74, 6) is -0.833. The van der Waals surface area contributed by atoms with Crippen LogP contribution in [0.15, 0.2) is 48.5 Å². The van der Waals surface area contributed by atoms with Crippen LogP contribution in [0.5, 0.6) is 0 Å². The van der Waals surface area contributed by atoms with E-state index in [0.29, 0.717) is 31.2 Å². The van der Waals surface area contributed by atoms with Crippen LogP contribution in [-0.4, -0.2) is 46.4 Å². The first kappa shape index (κ1) is 17.5. The number of carboxylic acid groups (broad SMARTS) is 1. The number of carbonyl (C=O) groups excluding carboxylic acids is 1. The zero-order valence-electron chi connectivity index (χ0n) is 13.7. The molecule has 0 bridgehead atoms. The summed E-state index contributed by atoms with van der Waals surface area (Å²) in [5.41, 5.74) is 2.34. The van der Waals surface area contributed by atoms with Gasteiger partial charge in [-0.15, -0.1) is 0 Å². The minimum absolute atomic E-state index is 0.100. The number of nitrogens with zero attached hydrogens (tertiary/aromatic N) is 2. The predicted molar refractivity (Wildman–Crippen MR) is 95.5 cm³/mol. The van der Waals surface area contributed by atoms with Gasteiger partial charge in [0.15, 0.2) is 0 Å². The van der Waals surface area contributed by atoms with Gasteiger partial charge in [0.25, 0.3) is 0 Å². The third-order valence-corrected chi connectivity index (χ3v) is 4.54. The summed E-state index contributed by atoms with van der Waals surface area (Å²) in [7, 11) is 0. The SMILES string of the molecule is O=C(O)c1ccc(CN2CCN(Cc3ccc(Cl)cc3)C(=O)C2)cc1. The first-order valence-corrected chi connectivity index (χ1v) is 8.46. The van der Waals surface area contributed by atoms with Crippen LogP contribution >= 0.6 is 11.6 Å². The highest BCUT2D eigenvalue weighted by Crippen LogP contribution is 2.15. The molecule has 6 heteroatoms. The Morgan fingerprint density at radius 2 is 1.56 bits per heavy atom. The molecular weight excluding hydrogens is 340 g/mol. The van der Waals surface area contributed by atoms with Gasteiger partial charge in [0, 0.05) is 31.2 Å². The van der Waals surface area contributed by atoms with E-state index in [9.17, 15) is 9.59 Å². The molecule has 5 nitrogen and oxygen atoms in total. The monoisotopic (exact) mass is 358 g/mol. The molecular formula is C19H19ClN2O3. The highest BCUT2D eigenvalue weighted by molar-refractivity contribution is 6.30. The van der Waals surface area contributed by atoms with Crippen molar-refractivity contribution in [3.63, 3.8) is 0 Å².